The van der Waals surface area contributed by atoms with Crippen LogP contribution in [-0.4, -0.2) is 85.2 Å². The maximum absolute atomic E-state index is 13.3. The molecule has 10 heteroatoms. The van der Waals surface area contributed by atoms with Gasteiger partial charge in [-0.3, -0.25) is 9.36 Å². The van der Waals surface area contributed by atoms with Gasteiger partial charge in [-0.05, 0) is 24.3 Å². The number of rotatable bonds is 5. The van der Waals surface area contributed by atoms with Gasteiger partial charge in [-0.2, -0.15) is 0 Å². The van der Waals surface area contributed by atoms with E-state index in [9.17, 15) is 4.79 Å². The minimum atomic E-state index is 0.0171. The number of nitrogens with zero attached hydrogens (tertiary/aromatic N) is 6. The topological polar surface area (TPSA) is 76.0 Å². The second-order valence-electron chi connectivity index (χ2n) is 7.71. The third kappa shape index (κ3) is 4.15. The minimum Gasteiger partial charge on any atom is -0.497 e. The number of hydrogen-bond acceptors (Lipinski definition) is 8. The molecule has 0 saturated carbocycles. The van der Waals surface area contributed by atoms with E-state index in [1.165, 1.54) is 11.3 Å². The van der Waals surface area contributed by atoms with E-state index in [0.29, 0.717) is 37.1 Å². The number of anilines is 2. The van der Waals surface area contributed by atoms with Crippen LogP contribution in [0.4, 0.5) is 10.8 Å². The first-order valence-corrected chi connectivity index (χ1v) is 11.6. The molecule has 2 saturated heterocycles. The Morgan fingerprint density at radius 1 is 0.969 bits per heavy atom. The molecule has 0 spiro atoms. The quantitative estimate of drug-likeness (QED) is 0.585. The second kappa shape index (κ2) is 9.17. The van der Waals surface area contributed by atoms with Crippen molar-refractivity contribution in [2.75, 3.05) is 69.4 Å². The van der Waals surface area contributed by atoms with Gasteiger partial charge in [0.15, 0.2) is 0 Å². The van der Waals surface area contributed by atoms with Crippen LogP contribution >= 0.6 is 11.3 Å². The van der Waals surface area contributed by atoms with Gasteiger partial charge < -0.3 is 24.2 Å². The molecule has 2 aliphatic rings. The monoisotopic (exact) mass is 454 g/mol. The van der Waals surface area contributed by atoms with Gasteiger partial charge in [0.1, 0.15) is 11.4 Å². The molecule has 4 heterocycles. The van der Waals surface area contributed by atoms with Crippen molar-refractivity contribution in [3.63, 3.8) is 0 Å². The minimum absolute atomic E-state index is 0.0171. The first-order valence-electron chi connectivity index (χ1n) is 10.7. The molecule has 0 atom stereocenters. The van der Waals surface area contributed by atoms with Crippen molar-refractivity contribution in [2.45, 2.75) is 0 Å². The van der Waals surface area contributed by atoms with Crippen LogP contribution in [0.25, 0.3) is 5.13 Å². The molecule has 9 nitrogen and oxygen atoms in total. The summed E-state index contributed by atoms with van der Waals surface area (Å²) in [6, 6.07) is 11.8. The Balaban J connectivity index is 1.26. The lowest BCUT2D eigenvalue weighted by molar-refractivity contribution is 0.0738. The van der Waals surface area contributed by atoms with Crippen molar-refractivity contribution in [1.82, 2.24) is 19.7 Å². The van der Waals surface area contributed by atoms with Gasteiger partial charge in [-0.1, -0.05) is 17.4 Å². The van der Waals surface area contributed by atoms with Gasteiger partial charge in [0.2, 0.25) is 10.3 Å². The van der Waals surface area contributed by atoms with Crippen molar-refractivity contribution in [3.8, 4) is 10.9 Å². The first-order chi connectivity index (χ1) is 15.7. The van der Waals surface area contributed by atoms with Crippen LogP contribution in [0.1, 0.15) is 10.5 Å². The van der Waals surface area contributed by atoms with Gasteiger partial charge >= 0.3 is 0 Å². The summed E-state index contributed by atoms with van der Waals surface area (Å²) in [6.07, 6.45) is 1.88. The first kappa shape index (κ1) is 20.8. The summed E-state index contributed by atoms with van der Waals surface area (Å²) in [5.41, 5.74) is 1.73. The lowest BCUT2D eigenvalue weighted by Gasteiger charge is -2.36. The molecule has 0 aliphatic carbocycles. The Hall–Kier alpha value is -3.11. The number of ether oxygens (including phenoxy) is 2. The van der Waals surface area contributed by atoms with E-state index in [-0.39, 0.29) is 5.91 Å². The van der Waals surface area contributed by atoms with Crippen molar-refractivity contribution < 1.29 is 14.3 Å². The number of carbonyl (C=O) groups excluding carboxylic acids is 1. The van der Waals surface area contributed by atoms with Crippen LogP contribution in [0.5, 0.6) is 5.75 Å². The highest BCUT2D eigenvalue weighted by Crippen LogP contribution is 2.26. The smallest absolute Gasteiger partial charge is 0.271 e. The molecule has 1 amide bonds. The number of piperazine rings is 1. The van der Waals surface area contributed by atoms with Crippen LogP contribution in [0.15, 0.2) is 42.6 Å². The number of benzene rings is 1. The normalized spacial score (nSPS) is 17.0. The molecule has 5 rings (SSSR count). The highest BCUT2D eigenvalue weighted by molar-refractivity contribution is 7.17. The standard InChI is InChI=1S/C22H26N6O3S/c1-30-18-5-2-4-17(16-18)25-8-10-26(11-9-25)20(29)19-6-3-7-28(19)22-24-23-21(32-22)27-12-14-31-15-13-27/h2-7,16H,8-15H2,1H3. The van der Waals surface area contributed by atoms with Gasteiger partial charge in [-0.15, -0.1) is 10.2 Å². The summed E-state index contributed by atoms with van der Waals surface area (Å²) in [4.78, 5) is 19.7. The van der Waals surface area contributed by atoms with E-state index in [0.717, 1.165) is 42.7 Å². The number of carbonyl (C=O) groups is 1. The number of morpholine rings is 1. The molecular weight excluding hydrogens is 428 g/mol. The summed E-state index contributed by atoms with van der Waals surface area (Å²) < 4.78 is 12.6. The summed E-state index contributed by atoms with van der Waals surface area (Å²) in [5, 5.41) is 10.3. The summed E-state index contributed by atoms with van der Waals surface area (Å²) >= 11 is 1.50. The van der Waals surface area contributed by atoms with Gasteiger partial charge in [0, 0.05) is 57.2 Å². The van der Waals surface area contributed by atoms with Gasteiger partial charge in [0.05, 0.1) is 20.3 Å². The Morgan fingerprint density at radius 2 is 1.75 bits per heavy atom. The highest BCUT2D eigenvalue weighted by Gasteiger charge is 2.26. The zero-order chi connectivity index (χ0) is 21.9. The van der Waals surface area contributed by atoms with Crippen LogP contribution in [0.3, 0.4) is 0 Å². The predicted molar refractivity (Wildman–Crippen MR) is 123 cm³/mol. The number of aromatic nitrogens is 3. The van der Waals surface area contributed by atoms with Crippen molar-refractivity contribution >= 4 is 28.1 Å². The molecule has 32 heavy (non-hydrogen) atoms. The average Bonchev–Trinajstić information content (AvgIpc) is 3.54. The number of methoxy groups -OCH3 is 1. The fourth-order valence-electron chi connectivity index (χ4n) is 4.05. The Labute approximate surface area is 190 Å². The lowest BCUT2D eigenvalue weighted by atomic mass is 10.2. The molecule has 0 radical (unpaired) electrons. The molecule has 2 aromatic heterocycles. The third-order valence-corrected chi connectivity index (χ3v) is 6.83. The summed E-state index contributed by atoms with van der Waals surface area (Å²) in [5.74, 6) is 0.857. The number of hydrogen-bond donors (Lipinski definition) is 0. The van der Waals surface area contributed by atoms with Gasteiger partial charge in [0.25, 0.3) is 5.91 Å². The van der Waals surface area contributed by atoms with E-state index in [1.807, 2.05) is 46.0 Å². The van der Waals surface area contributed by atoms with Crippen LogP contribution < -0.4 is 14.5 Å². The summed E-state index contributed by atoms with van der Waals surface area (Å²) in [7, 11) is 1.67. The molecule has 1 aromatic carbocycles. The van der Waals surface area contributed by atoms with Crippen LogP contribution in [0.2, 0.25) is 0 Å². The Morgan fingerprint density at radius 3 is 2.53 bits per heavy atom. The fraction of sp³-hybridized carbons (Fsp3) is 0.409. The lowest BCUT2D eigenvalue weighted by Crippen LogP contribution is -2.49. The third-order valence-electron chi connectivity index (χ3n) is 5.84. The fourth-order valence-corrected chi connectivity index (χ4v) is 4.94. The van der Waals surface area contributed by atoms with Crippen LogP contribution in [-0.2, 0) is 4.74 Å². The maximum Gasteiger partial charge on any atom is 0.271 e. The van der Waals surface area contributed by atoms with Crippen molar-refractivity contribution in [2.24, 2.45) is 0 Å². The molecule has 2 fully saturated rings. The van der Waals surface area contributed by atoms with Gasteiger partial charge in [-0.25, -0.2) is 0 Å². The van der Waals surface area contributed by atoms with E-state index < -0.39 is 0 Å². The molecule has 168 valence electrons. The second-order valence-corrected chi connectivity index (χ2v) is 8.65. The zero-order valence-corrected chi connectivity index (χ0v) is 18.8. The number of amides is 1. The largest absolute Gasteiger partial charge is 0.497 e. The Bertz CT molecular complexity index is 1070. The summed E-state index contributed by atoms with van der Waals surface area (Å²) in [6.45, 7) is 5.90. The molecule has 0 unspecified atom stereocenters. The maximum atomic E-state index is 13.3. The van der Waals surface area contributed by atoms with E-state index in [4.69, 9.17) is 9.47 Å². The SMILES string of the molecule is COc1cccc(N2CCN(C(=O)c3cccn3-c3nnc(N4CCOCC4)s3)CC2)c1. The van der Waals surface area contributed by atoms with Crippen LogP contribution in [0, 0.1) is 0 Å². The van der Waals surface area contributed by atoms with Crippen molar-refractivity contribution in [3.05, 3.63) is 48.3 Å². The molecule has 2 aliphatic heterocycles. The predicted octanol–water partition coefficient (Wildman–Crippen LogP) is 2.14. The zero-order valence-electron chi connectivity index (χ0n) is 18.0. The molecular formula is C22H26N6O3S. The molecule has 0 bridgehead atoms. The molecule has 3 aromatic rings. The van der Waals surface area contributed by atoms with E-state index in [2.05, 4.69) is 26.1 Å². The average molecular weight is 455 g/mol. The van der Waals surface area contributed by atoms with E-state index in [1.54, 1.807) is 7.11 Å². The highest BCUT2D eigenvalue weighted by atomic mass is 32.1. The molecule has 0 N–H and O–H groups in total. The van der Waals surface area contributed by atoms with E-state index >= 15 is 0 Å². The Kier molecular flexibility index (Phi) is 5.95. The van der Waals surface area contributed by atoms with Crippen molar-refractivity contribution in [1.29, 1.82) is 0 Å².